The molecule has 1 heterocycles. The lowest BCUT2D eigenvalue weighted by Gasteiger charge is -2.20. The second-order valence-corrected chi connectivity index (χ2v) is 6.23. The predicted molar refractivity (Wildman–Crippen MR) is 80.4 cm³/mol. The molecule has 1 N–H and O–H groups in total. The van der Waals surface area contributed by atoms with Crippen LogP contribution in [0.3, 0.4) is 0 Å². The number of nitrogens with zero attached hydrogens (tertiary/aromatic N) is 2. The molecular weight excluding hydrogens is 234 g/mol. The third kappa shape index (κ3) is 4.34. The highest BCUT2D eigenvalue weighted by molar-refractivity contribution is 5.02. The summed E-state index contributed by atoms with van der Waals surface area (Å²) < 4.78 is 2.06. The number of hydrogen-bond acceptors (Lipinski definition) is 2. The second kappa shape index (κ2) is 7.09. The molecule has 0 amide bonds. The van der Waals surface area contributed by atoms with Crippen LogP contribution in [0.2, 0.25) is 0 Å². The summed E-state index contributed by atoms with van der Waals surface area (Å²) in [5.41, 5.74) is 1.23. The number of nitrogens with one attached hydrogen (secondary N) is 1. The first-order chi connectivity index (χ1) is 9.19. The van der Waals surface area contributed by atoms with Crippen LogP contribution in [-0.2, 0) is 6.42 Å². The molecule has 1 atom stereocenters. The van der Waals surface area contributed by atoms with Crippen LogP contribution in [0.1, 0.15) is 64.6 Å². The molecule has 1 fully saturated rings. The SMILES string of the molecule is CCNC(Cc1ccn(C(C)C)n1)CC1CCCC1. The monoisotopic (exact) mass is 263 g/mol. The van der Waals surface area contributed by atoms with Crippen LogP contribution in [-0.4, -0.2) is 22.4 Å². The Hall–Kier alpha value is -0.830. The third-order valence-electron chi connectivity index (χ3n) is 4.23. The number of likely N-dealkylation sites (N-methyl/N-ethyl adjacent to an activating group) is 1. The molecule has 108 valence electrons. The quantitative estimate of drug-likeness (QED) is 0.815. The van der Waals surface area contributed by atoms with E-state index in [1.54, 1.807) is 0 Å². The van der Waals surface area contributed by atoms with Gasteiger partial charge in [-0.05, 0) is 38.8 Å². The third-order valence-corrected chi connectivity index (χ3v) is 4.23. The van der Waals surface area contributed by atoms with Crippen molar-refractivity contribution in [3.05, 3.63) is 18.0 Å². The maximum atomic E-state index is 4.68. The van der Waals surface area contributed by atoms with E-state index in [0.29, 0.717) is 12.1 Å². The Morgan fingerprint density at radius 2 is 2.11 bits per heavy atom. The first-order valence-electron chi connectivity index (χ1n) is 7.96. The van der Waals surface area contributed by atoms with Gasteiger partial charge >= 0.3 is 0 Å². The van der Waals surface area contributed by atoms with Crippen LogP contribution in [0.5, 0.6) is 0 Å². The highest BCUT2D eigenvalue weighted by Gasteiger charge is 2.20. The summed E-state index contributed by atoms with van der Waals surface area (Å²) in [6, 6.07) is 3.24. The zero-order chi connectivity index (χ0) is 13.7. The van der Waals surface area contributed by atoms with E-state index in [1.807, 2.05) is 0 Å². The topological polar surface area (TPSA) is 29.9 Å². The van der Waals surface area contributed by atoms with Gasteiger partial charge in [-0.15, -0.1) is 0 Å². The van der Waals surface area contributed by atoms with Gasteiger partial charge in [-0.1, -0.05) is 32.6 Å². The van der Waals surface area contributed by atoms with Crippen LogP contribution >= 0.6 is 0 Å². The lowest BCUT2D eigenvalue weighted by atomic mass is 9.95. The van der Waals surface area contributed by atoms with Crippen molar-refractivity contribution in [1.82, 2.24) is 15.1 Å². The highest BCUT2D eigenvalue weighted by Crippen LogP contribution is 2.29. The average molecular weight is 263 g/mol. The summed E-state index contributed by atoms with van der Waals surface area (Å²) in [5.74, 6) is 0.941. The van der Waals surface area contributed by atoms with Gasteiger partial charge in [-0.25, -0.2) is 0 Å². The van der Waals surface area contributed by atoms with Crippen molar-refractivity contribution >= 4 is 0 Å². The van der Waals surface area contributed by atoms with Crippen molar-refractivity contribution in [1.29, 1.82) is 0 Å². The molecule has 0 aliphatic heterocycles. The molecule has 0 saturated heterocycles. The van der Waals surface area contributed by atoms with Gasteiger partial charge in [-0.2, -0.15) is 5.10 Å². The minimum absolute atomic E-state index is 0.459. The van der Waals surface area contributed by atoms with E-state index >= 15 is 0 Å². The van der Waals surface area contributed by atoms with Gasteiger partial charge in [0.1, 0.15) is 0 Å². The maximum absolute atomic E-state index is 4.68. The van der Waals surface area contributed by atoms with Gasteiger partial charge in [0.25, 0.3) is 0 Å². The molecule has 19 heavy (non-hydrogen) atoms. The van der Waals surface area contributed by atoms with E-state index < -0.39 is 0 Å². The van der Waals surface area contributed by atoms with E-state index in [2.05, 4.69) is 48.1 Å². The molecular formula is C16H29N3. The van der Waals surface area contributed by atoms with Crippen LogP contribution < -0.4 is 5.32 Å². The minimum atomic E-state index is 0.459. The molecule has 1 aromatic rings. The Labute approximate surface area is 117 Å². The first-order valence-corrected chi connectivity index (χ1v) is 7.96. The van der Waals surface area contributed by atoms with Crippen LogP contribution in [0.4, 0.5) is 0 Å². The van der Waals surface area contributed by atoms with Crippen LogP contribution in [0.15, 0.2) is 12.3 Å². The van der Waals surface area contributed by atoms with Crippen LogP contribution in [0, 0.1) is 5.92 Å². The van der Waals surface area contributed by atoms with E-state index in [9.17, 15) is 0 Å². The van der Waals surface area contributed by atoms with Gasteiger partial charge in [-0.3, -0.25) is 4.68 Å². The predicted octanol–water partition coefficient (Wildman–Crippen LogP) is 3.56. The second-order valence-electron chi connectivity index (χ2n) is 6.23. The standard InChI is InChI=1S/C16H29N3/c1-4-17-16(11-14-7-5-6-8-14)12-15-9-10-19(18-15)13(2)3/h9-10,13-14,16-17H,4-8,11-12H2,1-3H3. The fourth-order valence-corrected chi connectivity index (χ4v) is 3.20. The van der Waals surface area contributed by atoms with Crippen molar-refractivity contribution in [3.63, 3.8) is 0 Å². The Balaban J connectivity index is 1.90. The van der Waals surface area contributed by atoms with E-state index in [0.717, 1.165) is 18.9 Å². The molecule has 0 bridgehead atoms. The summed E-state index contributed by atoms with van der Waals surface area (Å²) in [6.07, 6.45) is 10.2. The zero-order valence-electron chi connectivity index (χ0n) is 12.7. The summed E-state index contributed by atoms with van der Waals surface area (Å²) in [7, 11) is 0. The lowest BCUT2D eigenvalue weighted by Crippen LogP contribution is -2.33. The minimum Gasteiger partial charge on any atom is -0.314 e. The van der Waals surface area contributed by atoms with Crippen molar-refractivity contribution in [2.75, 3.05) is 6.54 Å². The Bertz CT molecular complexity index is 364. The lowest BCUT2D eigenvalue weighted by molar-refractivity contribution is 0.386. The first kappa shape index (κ1) is 14.6. The van der Waals surface area contributed by atoms with E-state index in [-0.39, 0.29) is 0 Å². The number of aromatic nitrogens is 2. The summed E-state index contributed by atoms with van der Waals surface area (Å²) in [5, 5.41) is 8.33. The highest BCUT2D eigenvalue weighted by atomic mass is 15.3. The molecule has 0 spiro atoms. The molecule has 0 radical (unpaired) electrons. The molecule has 1 aliphatic rings. The van der Waals surface area contributed by atoms with Gasteiger partial charge in [0.2, 0.25) is 0 Å². The molecule has 3 nitrogen and oxygen atoms in total. The normalized spacial score (nSPS) is 18.3. The number of hydrogen-bond donors (Lipinski definition) is 1. The van der Waals surface area contributed by atoms with Gasteiger partial charge in [0.15, 0.2) is 0 Å². The van der Waals surface area contributed by atoms with E-state index in [1.165, 1.54) is 37.8 Å². The van der Waals surface area contributed by atoms with E-state index in [4.69, 9.17) is 0 Å². The number of rotatable bonds is 7. The molecule has 1 unspecified atom stereocenters. The summed E-state index contributed by atoms with van der Waals surface area (Å²) in [4.78, 5) is 0. The molecule has 1 aliphatic carbocycles. The molecule has 2 rings (SSSR count). The van der Waals surface area contributed by atoms with Crippen molar-refractivity contribution < 1.29 is 0 Å². The van der Waals surface area contributed by atoms with Gasteiger partial charge < -0.3 is 5.32 Å². The molecule has 0 aromatic carbocycles. The Kier molecular flexibility index (Phi) is 5.44. The fraction of sp³-hybridized carbons (Fsp3) is 0.812. The Morgan fingerprint density at radius 1 is 1.37 bits per heavy atom. The zero-order valence-corrected chi connectivity index (χ0v) is 12.7. The van der Waals surface area contributed by atoms with Crippen molar-refractivity contribution in [2.45, 2.75) is 71.4 Å². The van der Waals surface area contributed by atoms with Crippen molar-refractivity contribution in [3.8, 4) is 0 Å². The van der Waals surface area contributed by atoms with Crippen LogP contribution in [0.25, 0.3) is 0 Å². The van der Waals surface area contributed by atoms with Crippen molar-refractivity contribution in [2.24, 2.45) is 5.92 Å². The maximum Gasteiger partial charge on any atom is 0.0640 e. The molecule has 1 saturated carbocycles. The summed E-state index contributed by atoms with van der Waals surface area (Å²) >= 11 is 0. The summed E-state index contributed by atoms with van der Waals surface area (Å²) in [6.45, 7) is 7.62. The average Bonchev–Trinajstić information content (AvgIpc) is 3.00. The molecule has 3 heteroatoms. The largest absolute Gasteiger partial charge is 0.314 e. The fourth-order valence-electron chi connectivity index (χ4n) is 3.20. The molecule has 1 aromatic heterocycles. The van der Waals surface area contributed by atoms with Gasteiger partial charge in [0, 0.05) is 24.7 Å². The van der Waals surface area contributed by atoms with Gasteiger partial charge in [0.05, 0.1) is 5.69 Å². The smallest absolute Gasteiger partial charge is 0.0640 e. The Morgan fingerprint density at radius 3 is 2.68 bits per heavy atom.